The molecular weight excluding hydrogens is 347 g/mol. The fraction of sp³-hybridized carbons (Fsp3) is 0.556. The van der Waals surface area contributed by atoms with Gasteiger partial charge in [-0.25, -0.2) is 0 Å². The van der Waals surface area contributed by atoms with Gasteiger partial charge in [-0.1, -0.05) is 43.1 Å². The van der Waals surface area contributed by atoms with Crippen molar-refractivity contribution >= 4 is 40.7 Å². The van der Waals surface area contributed by atoms with Gasteiger partial charge in [0.15, 0.2) is 0 Å². The Labute approximate surface area is 153 Å². The summed E-state index contributed by atoms with van der Waals surface area (Å²) in [5.41, 5.74) is 0.461. The molecule has 0 unspecified atom stereocenters. The molecule has 0 aromatic heterocycles. The van der Waals surface area contributed by atoms with E-state index >= 15 is 0 Å². The second-order valence-electron chi connectivity index (χ2n) is 6.77. The average Bonchev–Trinajstić information content (AvgIpc) is 2.56. The van der Waals surface area contributed by atoms with E-state index in [9.17, 15) is 9.59 Å². The number of halogens is 2. The van der Waals surface area contributed by atoms with E-state index in [2.05, 4.69) is 24.5 Å². The average molecular weight is 371 g/mol. The molecule has 0 bridgehead atoms. The van der Waals surface area contributed by atoms with Crippen molar-refractivity contribution in [1.29, 1.82) is 0 Å². The number of hydrogen-bond donors (Lipinski definition) is 2. The van der Waals surface area contributed by atoms with Crippen LogP contribution in [0.15, 0.2) is 18.2 Å². The van der Waals surface area contributed by atoms with Gasteiger partial charge in [0.1, 0.15) is 0 Å². The van der Waals surface area contributed by atoms with E-state index in [1.165, 1.54) is 0 Å². The molecule has 4 nitrogen and oxygen atoms in total. The van der Waals surface area contributed by atoms with E-state index in [-0.39, 0.29) is 23.7 Å². The lowest BCUT2D eigenvalue weighted by Crippen LogP contribution is -2.37. The number of benzene rings is 1. The molecule has 2 rings (SSSR count). The van der Waals surface area contributed by atoms with E-state index in [0.717, 1.165) is 12.8 Å². The number of nitrogens with one attached hydrogen (secondary N) is 2. The number of para-hydroxylation sites is 1. The Bertz CT molecular complexity index is 576. The van der Waals surface area contributed by atoms with Crippen LogP contribution in [0.4, 0.5) is 5.69 Å². The van der Waals surface area contributed by atoms with Crippen LogP contribution in [-0.4, -0.2) is 18.4 Å². The van der Waals surface area contributed by atoms with Crippen molar-refractivity contribution in [2.45, 2.75) is 39.5 Å². The van der Waals surface area contributed by atoms with Crippen LogP contribution < -0.4 is 10.6 Å². The predicted octanol–water partition coefficient (Wildman–Crippen LogP) is 4.51. The minimum absolute atomic E-state index is 0.0108. The van der Waals surface area contributed by atoms with Gasteiger partial charge < -0.3 is 10.6 Å². The summed E-state index contributed by atoms with van der Waals surface area (Å²) in [6.45, 7) is 4.84. The van der Waals surface area contributed by atoms with E-state index in [4.69, 9.17) is 23.2 Å². The van der Waals surface area contributed by atoms with Gasteiger partial charge in [0.05, 0.1) is 15.7 Å². The number of carbonyl (C=O) groups excluding carboxylic acids is 2. The summed E-state index contributed by atoms with van der Waals surface area (Å²) in [5.74, 6) is 0.377. The molecule has 0 spiro atoms. The summed E-state index contributed by atoms with van der Waals surface area (Å²) in [6.07, 6.45) is 2.87. The molecule has 0 heterocycles. The monoisotopic (exact) mass is 370 g/mol. The molecule has 1 aromatic rings. The van der Waals surface area contributed by atoms with E-state index in [1.807, 2.05) is 0 Å². The molecule has 1 aromatic carbocycles. The van der Waals surface area contributed by atoms with E-state index in [1.54, 1.807) is 18.2 Å². The molecule has 1 fully saturated rings. The van der Waals surface area contributed by atoms with Crippen LogP contribution in [0.5, 0.6) is 0 Å². The van der Waals surface area contributed by atoms with Crippen molar-refractivity contribution in [3.63, 3.8) is 0 Å². The van der Waals surface area contributed by atoms with Gasteiger partial charge in [0, 0.05) is 18.4 Å². The van der Waals surface area contributed by atoms with Crippen molar-refractivity contribution in [3.05, 3.63) is 28.2 Å². The first-order chi connectivity index (χ1) is 11.4. The van der Waals surface area contributed by atoms with Crippen LogP contribution in [0, 0.1) is 17.8 Å². The fourth-order valence-corrected chi connectivity index (χ4v) is 3.40. The second kappa shape index (κ2) is 8.72. The fourth-order valence-electron chi connectivity index (χ4n) is 2.91. The van der Waals surface area contributed by atoms with Crippen molar-refractivity contribution in [1.82, 2.24) is 5.32 Å². The topological polar surface area (TPSA) is 58.2 Å². The minimum Gasteiger partial charge on any atom is -0.356 e. The van der Waals surface area contributed by atoms with E-state index < -0.39 is 0 Å². The van der Waals surface area contributed by atoms with Crippen LogP contribution in [0.1, 0.15) is 39.5 Å². The zero-order valence-electron chi connectivity index (χ0n) is 14.1. The summed E-state index contributed by atoms with van der Waals surface area (Å²) >= 11 is 12.2. The molecular formula is C18H24Cl2N2O2. The second-order valence-corrected chi connectivity index (χ2v) is 7.59. The Hall–Kier alpha value is -1.26. The van der Waals surface area contributed by atoms with Crippen LogP contribution in [0.3, 0.4) is 0 Å². The zero-order chi connectivity index (χ0) is 17.7. The lowest BCUT2D eigenvalue weighted by Gasteiger charge is -2.27. The normalized spacial score (nSPS) is 20.7. The van der Waals surface area contributed by atoms with Crippen LogP contribution in [0.2, 0.25) is 10.0 Å². The van der Waals surface area contributed by atoms with Gasteiger partial charge in [0.2, 0.25) is 11.8 Å². The van der Waals surface area contributed by atoms with Gasteiger partial charge in [-0.05, 0) is 43.7 Å². The number of anilines is 1. The largest absolute Gasteiger partial charge is 0.356 e. The van der Waals surface area contributed by atoms with Gasteiger partial charge >= 0.3 is 0 Å². The maximum Gasteiger partial charge on any atom is 0.227 e. The Morgan fingerprint density at radius 3 is 2.04 bits per heavy atom. The molecule has 1 saturated carbocycles. The first-order valence-corrected chi connectivity index (χ1v) is 9.16. The summed E-state index contributed by atoms with van der Waals surface area (Å²) in [5, 5.41) is 6.66. The summed E-state index contributed by atoms with van der Waals surface area (Å²) < 4.78 is 0. The summed E-state index contributed by atoms with van der Waals surface area (Å²) in [4.78, 5) is 24.5. The molecule has 0 atom stereocenters. The van der Waals surface area contributed by atoms with Gasteiger partial charge in [-0.2, -0.15) is 0 Å². The third-order valence-electron chi connectivity index (χ3n) is 4.36. The highest BCUT2D eigenvalue weighted by atomic mass is 35.5. The molecule has 2 amide bonds. The molecule has 2 N–H and O–H groups in total. The van der Waals surface area contributed by atoms with Gasteiger partial charge in [-0.3, -0.25) is 9.59 Å². The van der Waals surface area contributed by atoms with Crippen molar-refractivity contribution in [3.8, 4) is 0 Å². The Balaban J connectivity index is 1.86. The molecule has 0 saturated heterocycles. The first kappa shape index (κ1) is 19.1. The molecule has 0 aliphatic heterocycles. The lowest BCUT2D eigenvalue weighted by atomic mass is 9.81. The highest BCUT2D eigenvalue weighted by Crippen LogP contribution is 2.33. The van der Waals surface area contributed by atoms with Crippen molar-refractivity contribution < 1.29 is 9.59 Å². The first-order valence-electron chi connectivity index (χ1n) is 8.41. The van der Waals surface area contributed by atoms with Crippen LogP contribution >= 0.6 is 23.2 Å². The van der Waals surface area contributed by atoms with Crippen LogP contribution in [-0.2, 0) is 9.59 Å². The lowest BCUT2D eigenvalue weighted by molar-refractivity contribution is -0.128. The Morgan fingerprint density at radius 1 is 1.04 bits per heavy atom. The molecule has 24 heavy (non-hydrogen) atoms. The van der Waals surface area contributed by atoms with Crippen molar-refractivity contribution in [2.24, 2.45) is 17.8 Å². The number of rotatable bonds is 5. The SMILES string of the molecule is CC(C)CNC(=O)C1CCC(C(=O)Nc2c(Cl)cccc2Cl)CC1. The predicted molar refractivity (Wildman–Crippen MR) is 98.4 cm³/mol. The summed E-state index contributed by atoms with van der Waals surface area (Å²) in [6, 6.07) is 5.12. The quantitative estimate of drug-likeness (QED) is 0.800. The minimum atomic E-state index is -0.105. The van der Waals surface area contributed by atoms with Gasteiger partial charge in [0.25, 0.3) is 0 Å². The molecule has 6 heteroatoms. The standard InChI is InChI=1S/C18H24Cl2N2O2/c1-11(2)10-21-17(23)12-6-8-13(9-7-12)18(24)22-16-14(19)4-3-5-15(16)20/h3-5,11-13H,6-10H2,1-2H3,(H,21,23)(H,22,24). The number of amides is 2. The maximum atomic E-state index is 12.4. The van der Waals surface area contributed by atoms with Crippen LogP contribution in [0.25, 0.3) is 0 Å². The number of hydrogen-bond acceptors (Lipinski definition) is 2. The number of carbonyl (C=O) groups is 2. The van der Waals surface area contributed by atoms with E-state index in [0.29, 0.717) is 41.0 Å². The summed E-state index contributed by atoms with van der Waals surface area (Å²) in [7, 11) is 0. The third-order valence-corrected chi connectivity index (χ3v) is 4.99. The smallest absolute Gasteiger partial charge is 0.227 e. The highest BCUT2D eigenvalue weighted by molar-refractivity contribution is 6.39. The molecule has 1 aliphatic carbocycles. The van der Waals surface area contributed by atoms with Crippen molar-refractivity contribution in [2.75, 3.05) is 11.9 Å². The maximum absolute atomic E-state index is 12.4. The molecule has 1 aliphatic rings. The van der Waals surface area contributed by atoms with Gasteiger partial charge in [-0.15, -0.1) is 0 Å². The molecule has 0 radical (unpaired) electrons. The third kappa shape index (κ3) is 5.12. The molecule has 132 valence electrons. The zero-order valence-corrected chi connectivity index (χ0v) is 15.6. The Kier molecular flexibility index (Phi) is 6.93. The highest BCUT2D eigenvalue weighted by Gasteiger charge is 2.30. The Morgan fingerprint density at radius 2 is 1.54 bits per heavy atom.